The summed E-state index contributed by atoms with van der Waals surface area (Å²) in [6.07, 6.45) is 18.2. The van der Waals surface area contributed by atoms with Crippen LogP contribution in [0.5, 0.6) is 0 Å². The number of urea groups is 1. The van der Waals surface area contributed by atoms with Gasteiger partial charge in [0.2, 0.25) is 5.95 Å². The summed E-state index contributed by atoms with van der Waals surface area (Å²) in [7, 11) is 0. The van der Waals surface area contributed by atoms with E-state index in [1.54, 1.807) is 6.07 Å². The van der Waals surface area contributed by atoms with Crippen molar-refractivity contribution in [3.8, 4) is 0 Å². The molecule has 0 atom stereocenters. The number of benzene rings is 6. The first-order valence-electron chi connectivity index (χ1n) is 35.1. The van der Waals surface area contributed by atoms with Gasteiger partial charge in [-0.1, -0.05) is 153 Å². The molecule has 97 heavy (non-hydrogen) atoms. The quantitative estimate of drug-likeness (QED) is 0.0429. The van der Waals surface area contributed by atoms with Crippen molar-refractivity contribution in [2.45, 2.75) is 215 Å². The molecule has 7 N–H and O–H groups in total. The number of rotatable bonds is 13. The molecule has 9 aliphatic rings. The van der Waals surface area contributed by atoms with Crippen molar-refractivity contribution < 1.29 is 33.5 Å². The van der Waals surface area contributed by atoms with Gasteiger partial charge in [-0.05, 0) is 208 Å². The maximum absolute atomic E-state index is 14.9. The number of esters is 1. The number of hydrogen-bond donors (Lipinski definition) is 7. The molecule has 8 heterocycles. The highest BCUT2D eigenvalue weighted by molar-refractivity contribution is 6.12. The summed E-state index contributed by atoms with van der Waals surface area (Å²) in [6, 6.07) is 28.0. The smallest absolute Gasteiger partial charge is 0.338 e. The number of hydrogen-bond acceptors (Lipinski definition) is 9. The van der Waals surface area contributed by atoms with E-state index in [2.05, 4.69) is 118 Å². The topological polar surface area (TPSA) is 230 Å². The van der Waals surface area contributed by atoms with Crippen molar-refractivity contribution in [2.24, 2.45) is 0 Å². The zero-order valence-electron chi connectivity index (χ0n) is 59.0. The molecule has 0 saturated heterocycles. The van der Waals surface area contributed by atoms with Crippen LogP contribution in [0.25, 0.3) is 0 Å². The first-order valence-corrected chi connectivity index (χ1v) is 35.1. The van der Waals surface area contributed by atoms with E-state index in [4.69, 9.17) is 4.74 Å². The highest BCUT2D eigenvalue weighted by atomic mass is 16.5. The fraction of sp³-hybridized carbons (Fsp3) is 0.432. The van der Waals surface area contributed by atoms with Crippen LogP contribution in [0.1, 0.15) is 267 Å². The Kier molecular flexibility index (Phi) is 21.9. The average molecular weight is 1310 g/mol. The summed E-state index contributed by atoms with van der Waals surface area (Å²) in [5.41, 5.74) is 14.8. The van der Waals surface area contributed by atoms with Crippen LogP contribution in [-0.4, -0.2) is 58.7 Å². The molecule has 7 aromatic rings. The number of amides is 6. The number of aryl methyl sites for hydroxylation is 9. The lowest BCUT2D eigenvalue weighted by Crippen LogP contribution is -2.33. The fourth-order valence-electron chi connectivity index (χ4n) is 15.1. The van der Waals surface area contributed by atoms with Crippen LogP contribution in [0.4, 0.5) is 33.5 Å². The zero-order valence-corrected chi connectivity index (χ0v) is 59.0. The highest BCUT2D eigenvalue weighted by Crippen LogP contribution is 2.50. The minimum atomic E-state index is -0.826. The second-order valence-electron chi connectivity index (χ2n) is 28.9. The molecule has 0 unspecified atom stereocenters. The Bertz CT molecular complexity index is 3960. The minimum Gasteiger partial charge on any atom is -0.460 e. The van der Waals surface area contributed by atoms with E-state index in [9.17, 15) is 33.6 Å². The summed E-state index contributed by atoms with van der Waals surface area (Å²) >= 11 is 0. The molecule has 2 aliphatic carbocycles. The summed E-state index contributed by atoms with van der Waals surface area (Å²) in [5, 5.41) is 18.1. The molecular weight excluding hydrogens is 1210 g/mol. The van der Waals surface area contributed by atoms with Gasteiger partial charge in [-0.3, -0.25) is 34.3 Å². The molecule has 2 spiro atoms. The molecule has 16 heteroatoms. The van der Waals surface area contributed by atoms with Crippen molar-refractivity contribution >= 4 is 64.3 Å². The van der Waals surface area contributed by atoms with Crippen molar-refractivity contribution in [2.75, 3.05) is 39.7 Å². The third-order valence-corrected chi connectivity index (χ3v) is 20.4. The van der Waals surface area contributed by atoms with Gasteiger partial charge in [0, 0.05) is 67.6 Å². The van der Waals surface area contributed by atoms with Crippen molar-refractivity contribution in [1.82, 2.24) is 15.3 Å². The SMILES string of the molecule is CCCCCCCCCc1cc(=O)[nH]c(NC(=O)NCCOC(=O)c2cc3cc(c2)C(=O)Nc2c(C)cc(cc2C)C2(CCCCC2)c2cc(C)c(c(C)c2)NC(=O)c2cc(cc(C(C)(C)C)c2)C(=O)Nc2c(C)cc(cc2C)C2(CCCCC2)c2cc(C)c(c(C)c2)NC3=O)n1. The molecule has 12 bridgehead atoms. The number of anilines is 5. The Labute approximate surface area is 572 Å². The predicted octanol–water partition coefficient (Wildman–Crippen LogP) is 17.6. The number of carbonyl (C=O) groups is 6. The highest BCUT2D eigenvalue weighted by Gasteiger charge is 2.39. The van der Waals surface area contributed by atoms with Crippen molar-refractivity contribution in [3.05, 3.63) is 207 Å². The molecular formula is C81H98N8O8. The number of nitrogens with one attached hydrogen (secondary N) is 7. The van der Waals surface area contributed by atoms with Gasteiger partial charge in [0.15, 0.2) is 0 Å². The molecule has 1 aromatic heterocycles. The Morgan fingerprint density at radius 1 is 0.474 bits per heavy atom. The second kappa shape index (κ2) is 30.1. The molecule has 16 nitrogen and oxygen atoms in total. The third kappa shape index (κ3) is 16.1. The maximum Gasteiger partial charge on any atom is 0.338 e. The Morgan fingerprint density at radius 3 is 1.21 bits per heavy atom. The predicted molar refractivity (Wildman–Crippen MR) is 389 cm³/mol. The van der Waals surface area contributed by atoms with Gasteiger partial charge in [-0.2, -0.15) is 0 Å². The Hall–Kier alpha value is -9.18. The maximum atomic E-state index is 14.9. The molecule has 7 aliphatic heterocycles. The number of nitrogens with zero attached hydrogens (tertiary/aromatic N) is 1. The second-order valence-corrected chi connectivity index (χ2v) is 28.9. The fourth-order valence-corrected chi connectivity index (χ4v) is 15.1. The van der Waals surface area contributed by atoms with E-state index in [-0.39, 0.29) is 69.4 Å². The first-order chi connectivity index (χ1) is 46.2. The van der Waals surface area contributed by atoms with Gasteiger partial charge in [0.25, 0.3) is 29.2 Å². The number of ether oxygens (including phenoxy) is 1. The summed E-state index contributed by atoms with van der Waals surface area (Å²) < 4.78 is 5.72. The third-order valence-electron chi connectivity index (χ3n) is 20.4. The standard InChI is InChI=1S/C81H98N8O8/c1-13-14-15-16-17-18-21-26-66-47-67(90)84-77(83-66)89-78(96)82-31-32-97-76(95)60-43-56-41-57(44-60)73(92)86-69-50(4)35-63(36-51(69)5)81(29-24-20-25-30-81)65-39-54(8)71(55(9)40-65)88-75(94)59-42-58(45-61(46-59)79(10,11)12)74(93)87-70-52(6)37-64(38-53(70)7)80(27-22-19-23-28-80)62-33-48(2)68(49(3)34-62)85-72(56)91/h33-47H,13-32H2,1-12H3,(H,85,91)(H,86,92)(H,87,93)(H,88,94)(H3,82,83,84,89,90,96). The van der Waals surface area contributed by atoms with Crippen molar-refractivity contribution in [3.63, 3.8) is 0 Å². The van der Waals surface area contributed by atoms with E-state index >= 15 is 0 Å². The van der Waals surface area contributed by atoms with Crippen LogP contribution in [0.15, 0.2) is 95.8 Å². The zero-order chi connectivity index (χ0) is 69.5. The summed E-state index contributed by atoms with van der Waals surface area (Å²) in [5.74, 6) is -2.53. The normalized spacial score (nSPS) is 15.5. The molecule has 2 saturated carbocycles. The van der Waals surface area contributed by atoms with Gasteiger partial charge in [-0.25, -0.2) is 14.6 Å². The molecule has 2 fully saturated rings. The van der Waals surface area contributed by atoms with Crippen molar-refractivity contribution in [1.29, 1.82) is 0 Å². The van der Waals surface area contributed by atoms with Crippen LogP contribution in [0, 0.1) is 55.4 Å². The monoisotopic (exact) mass is 1310 g/mol. The van der Waals surface area contributed by atoms with E-state index < -0.39 is 23.8 Å². The van der Waals surface area contributed by atoms with Gasteiger partial charge in [0.1, 0.15) is 6.61 Å². The lowest BCUT2D eigenvalue weighted by molar-refractivity contribution is 0.0510. The Balaban J connectivity index is 0.991. The molecule has 6 aromatic carbocycles. The molecule has 6 amide bonds. The number of H-pyrrole nitrogens is 1. The number of aromatic amines is 1. The number of carbonyl (C=O) groups excluding carboxylic acids is 6. The van der Waals surface area contributed by atoms with E-state index in [1.165, 1.54) is 49.9 Å². The van der Waals surface area contributed by atoms with E-state index in [0.717, 1.165) is 156 Å². The summed E-state index contributed by atoms with van der Waals surface area (Å²) in [6.45, 7) is 24.1. The van der Waals surface area contributed by atoms with Gasteiger partial charge < -0.3 is 31.3 Å². The van der Waals surface area contributed by atoms with Gasteiger partial charge in [0.05, 0.1) is 12.1 Å². The summed E-state index contributed by atoms with van der Waals surface area (Å²) in [4.78, 5) is 106. The lowest BCUT2D eigenvalue weighted by atomic mass is 9.64. The van der Waals surface area contributed by atoms with Gasteiger partial charge in [-0.15, -0.1) is 0 Å². The van der Waals surface area contributed by atoms with E-state index in [0.29, 0.717) is 46.0 Å². The van der Waals surface area contributed by atoms with E-state index in [1.807, 2.05) is 67.5 Å². The molecule has 16 rings (SSSR count). The molecule has 0 radical (unpaired) electrons. The van der Waals surface area contributed by atoms with Gasteiger partial charge >= 0.3 is 12.0 Å². The number of unbranched alkanes of at least 4 members (excludes halogenated alkanes) is 6. The lowest BCUT2D eigenvalue weighted by Gasteiger charge is -2.40. The largest absolute Gasteiger partial charge is 0.460 e. The van der Waals surface area contributed by atoms with Crippen LogP contribution < -0.4 is 37.5 Å². The van der Waals surface area contributed by atoms with Crippen LogP contribution >= 0.6 is 0 Å². The number of aromatic nitrogens is 2. The van der Waals surface area contributed by atoms with Crippen LogP contribution in [-0.2, 0) is 27.4 Å². The van der Waals surface area contributed by atoms with Crippen LogP contribution in [0.2, 0.25) is 0 Å². The minimum absolute atomic E-state index is 0.00165. The Morgan fingerprint density at radius 2 is 0.835 bits per heavy atom. The van der Waals surface area contributed by atoms with Crippen LogP contribution in [0.3, 0.4) is 0 Å². The molecule has 510 valence electrons. The average Bonchev–Trinajstić information content (AvgIpc) is 0.786. The first kappa shape index (κ1) is 70.6.